The van der Waals surface area contributed by atoms with Crippen molar-refractivity contribution in [3.05, 3.63) is 28.8 Å². The Hall–Kier alpha value is -2.24. The monoisotopic (exact) mass is 335 g/mol. The Bertz CT molecular complexity index is 744. The highest BCUT2D eigenvalue weighted by atomic mass is 19.3. The van der Waals surface area contributed by atoms with E-state index in [0.29, 0.717) is 6.07 Å². The summed E-state index contributed by atoms with van der Waals surface area (Å²) in [5.41, 5.74) is -3.18. The molecule has 0 aliphatic heterocycles. The van der Waals surface area contributed by atoms with Gasteiger partial charge in [0.15, 0.2) is 0 Å². The van der Waals surface area contributed by atoms with E-state index in [9.17, 15) is 31.1 Å². The van der Waals surface area contributed by atoms with E-state index >= 15 is 0 Å². The van der Waals surface area contributed by atoms with Gasteiger partial charge < -0.3 is 4.74 Å². The van der Waals surface area contributed by atoms with Crippen LogP contribution in [-0.2, 0) is 5.92 Å². The van der Waals surface area contributed by atoms with Crippen molar-refractivity contribution in [3.63, 3.8) is 0 Å². The van der Waals surface area contributed by atoms with Gasteiger partial charge in [-0.15, -0.1) is 0 Å². The van der Waals surface area contributed by atoms with Gasteiger partial charge in [-0.2, -0.15) is 22.8 Å². The molecule has 0 heterocycles. The summed E-state index contributed by atoms with van der Waals surface area (Å²) in [6.45, 7) is 0. The summed E-state index contributed by atoms with van der Waals surface area (Å²) in [5, 5.41) is 9.03. The minimum Gasteiger partial charge on any atom is -0.489 e. The molecule has 3 nitrogen and oxygen atoms in total. The van der Waals surface area contributed by atoms with Gasteiger partial charge >= 0.3 is 11.8 Å². The molecule has 0 amide bonds. The molecule has 0 bridgehead atoms. The Labute approximate surface area is 125 Å². The SMILES string of the molecule is N#Cc1c(OC2CC(F)(F)C2)ccc2c1C(=O)C(F)(F)C2(F)F. The molecule has 0 atom stereocenters. The zero-order valence-corrected chi connectivity index (χ0v) is 11.2. The Morgan fingerprint density at radius 2 is 1.70 bits per heavy atom. The van der Waals surface area contributed by atoms with Crippen LogP contribution in [0.2, 0.25) is 0 Å². The largest absolute Gasteiger partial charge is 0.489 e. The third-order valence-corrected chi connectivity index (χ3v) is 3.87. The topological polar surface area (TPSA) is 50.1 Å². The summed E-state index contributed by atoms with van der Waals surface area (Å²) in [7, 11) is 0. The lowest BCUT2D eigenvalue weighted by Crippen LogP contribution is -2.43. The zero-order chi connectivity index (χ0) is 17.2. The zero-order valence-electron chi connectivity index (χ0n) is 11.2. The fraction of sp³-hybridized carbons (Fsp3) is 0.429. The number of rotatable bonds is 2. The van der Waals surface area contributed by atoms with Crippen LogP contribution in [0.4, 0.5) is 26.3 Å². The number of nitrogens with zero attached hydrogens (tertiary/aromatic N) is 1. The number of carbonyl (C=O) groups excluding carboxylic acids is 1. The second kappa shape index (κ2) is 4.40. The number of carbonyl (C=O) groups is 1. The molecule has 3 rings (SSSR count). The lowest BCUT2D eigenvalue weighted by Gasteiger charge is -2.35. The summed E-state index contributed by atoms with van der Waals surface area (Å²) in [4.78, 5) is 11.6. The van der Waals surface area contributed by atoms with Crippen molar-refractivity contribution in [2.75, 3.05) is 0 Å². The van der Waals surface area contributed by atoms with Crippen LogP contribution in [-0.4, -0.2) is 23.7 Å². The van der Waals surface area contributed by atoms with Crippen LogP contribution in [0.3, 0.4) is 0 Å². The van der Waals surface area contributed by atoms with Crippen LogP contribution in [0.5, 0.6) is 5.75 Å². The summed E-state index contributed by atoms with van der Waals surface area (Å²) < 4.78 is 84.8. The van der Waals surface area contributed by atoms with Crippen LogP contribution < -0.4 is 4.74 Å². The van der Waals surface area contributed by atoms with Crippen molar-refractivity contribution in [3.8, 4) is 11.8 Å². The fourth-order valence-electron chi connectivity index (χ4n) is 2.63. The van der Waals surface area contributed by atoms with E-state index in [1.807, 2.05) is 0 Å². The number of hydrogen-bond acceptors (Lipinski definition) is 3. The molecular weight excluding hydrogens is 328 g/mol. The van der Waals surface area contributed by atoms with Gasteiger partial charge in [-0.1, -0.05) is 0 Å². The lowest BCUT2D eigenvalue weighted by atomic mass is 9.90. The molecular formula is C14H7F6NO2. The molecule has 1 fully saturated rings. The smallest absolute Gasteiger partial charge is 0.376 e. The number of hydrogen-bond donors (Lipinski definition) is 0. The number of Topliss-reactive ketones (excluding diaryl/α,β-unsaturated/α-hetero) is 1. The van der Waals surface area contributed by atoms with Crippen molar-refractivity contribution >= 4 is 5.78 Å². The molecule has 0 aromatic heterocycles. The van der Waals surface area contributed by atoms with E-state index in [4.69, 9.17) is 10.00 Å². The number of alkyl halides is 6. The molecule has 9 heteroatoms. The van der Waals surface area contributed by atoms with Gasteiger partial charge in [0.2, 0.25) is 5.78 Å². The molecule has 1 saturated carbocycles. The maximum atomic E-state index is 13.6. The molecule has 23 heavy (non-hydrogen) atoms. The van der Waals surface area contributed by atoms with Crippen molar-refractivity contribution in [2.24, 2.45) is 0 Å². The van der Waals surface area contributed by atoms with Gasteiger partial charge in [0.25, 0.3) is 5.92 Å². The highest BCUT2D eigenvalue weighted by molar-refractivity contribution is 6.09. The van der Waals surface area contributed by atoms with Crippen LogP contribution in [0.1, 0.15) is 34.3 Å². The first kappa shape index (κ1) is 15.6. The normalized spacial score (nSPS) is 23.8. The second-order valence-corrected chi connectivity index (χ2v) is 5.46. The van der Waals surface area contributed by atoms with Crippen LogP contribution >= 0.6 is 0 Å². The van der Waals surface area contributed by atoms with Gasteiger partial charge in [0.1, 0.15) is 23.5 Å². The standard InChI is InChI=1S/C14H7F6NO2/c15-12(16)3-6(4-12)23-9-2-1-8-10(7(9)5-21)11(22)14(19,20)13(8,17)18/h1-2,6H,3-4H2. The van der Waals surface area contributed by atoms with Crippen LogP contribution in [0, 0.1) is 11.3 Å². The third-order valence-electron chi connectivity index (χ3n) is 3.87. The number of nitriles is 1. The molecule has 1 aromatic rings. The lowest BCUT2D eigenvalue weighted by molar-refractivity contribution is -0.176. The van der Waals surface area contributed by atoms with Crippen molar-refractivity contribution in [1.82, 2.24) is 0 Å². The molecule has 0 spiro atoms. The number of ketones is 1. The highest BCUT2D eigenvalue weighted by Crippen LogP contribution is 2.53. The number of fused-ring (bicyclic) bond motifs is 1. The molecule has 122 valence electrons. The second-order valence-electron chi connectivity index (χ2n) is 5.46. The first-order valence-corrected chi connectivity index (χ1v) is 6.44. The van der Waals surface area contributed by atoms with Gasteiger partial charge in [-0.25, -0.2) is 8.78 Å². The van der Waals surface area contributed by atoms with Crippen LogP contribution in [0.25, 0.3) is 0 Å². The highest BCUT2D eigenvalue weighted by Gasteiger charge is 2.70. The summed E-state index contributed by atoms with van der Waals surface area (Å²) in [5.74, 6) is -15.3. The van der Waals surface area contributed by atoms with Crippen LogP contribution in [0.15, 0.2) is 12.1 Å². The first-order valence-electron chi connectivity index (χ1n) is 6.44. The molecule has 2 aliphatic rings. The minimum absolute atomic E-state index is 0.436. The van der Waals surface area contributed by atoms with E-state index in [-0.39, 0.29) is 0 Å². The minimum atomic E-state index is -4.97. The molecule has 1 aromatic carbocycles. The molecule has 0 radical (unpaired) electrons. The maximum absolute atomic E-state index is 13.6. The summed E-state index contributed by atoms with van der Waals surface area (Å²) >= 11 is 0. The van der Waals surface area contributed by atoms with Gasteiger partial charge in [0.05, 0.1) is 5.56 Å². The van der Waals surface area contributed by atoms with Crippen molar-refractivity contribution in [2.45, 2.75) is 36.7 Å². The Morgan fingerprint density at radius 1 is 1.09 bits per heavy atom. The average Bonchev–Trinajstić information content (AvgIpc) is 2.55. The first-order chi connectivity index (χ1) is 10.5. The van der Waals surface area contributed by atoms with Gasteiger partial charge in [0, 0.05) is 18.4 Å². The Morgan fingerprint density at radius 3 is 2.22 bits per heavy atom. The van der Waals surface area contributed by atoms with Crippen molar-refractivity contribution < 1.29 is 35.9 Å². The van der Waals surface area contributed by atoms with Crippen molar-refractivity contribution in [1.29, 1.82) is 5.26 Å². The average molecular weight is 335 g/mol. The van der Waals surface area contributed by atoms with E-state index in [2.05, 4.69) is 0 Å². The fourth-order valence-corrected chi connectivity index (χ4v) is 2.63. The summed E-state index contributed by atoms with van der Waals surface area (Å²) in [6, 6.07) is 2.75. The van der Waals surface area contributed by atoms with E-state index in [1.54, 1.807) is 0 Å². The predicted molar refractivity (Wildman–Crippen MR) is 62.9 cm³/mol. The predicted octanol–water partition coefficient (Wildman–Crippen LogP) is 3.66. The van der Waals surface area contributed by atoms with E-state index in [1.165, 1.54) is 6.07 Å². The van der Waals surface area contributed by atoms with Gasteiger partial charge in [-0.3, -0.25) is 4.79 Å². The number of halogens is 6. The van der Waals surface area contributed by atoms with E-state index < -0.39 is 64.9 Å². The number of benzene rings is 1. The quantitative estimate of drug-likeness (QED) is 0.775. The molecule has 0 saturated heterocycles. The van der Waals surface area contributed by atoms with Gasteiger partial charge in [-0.05, 0) is 12.1 Å². The molecule has 2 aliphatic carbocycles. The maximum Gasteiger partial charge on any atom is 0.376 e. The molecule has 0 N–H and O–H groups in total. The summed E-state index contributed by atoms with van der Waals surface area (Å²) in [6.07, 6.45) is -2.27. The molecule has 0 unspecified atom stereocenters. The Kier molecular flexibility index (Phi) is 2.99. The third kappa shape index (κ3) is 2.00. The Balaban J connectivity index is 2.04. The van der Waals surface area contributed by atoms with E-state index in [0.717, 1.165) is 6.07 Å². The number of ether oxygens (including phenoxy) is 1.